The zero-order valence-electron chi connectivity index (χ0n) is 18.6. The summed E-state index contributed by atoms with van der Waals surface area (Å²) in [5, 5.41) is 5.41. The lowest BCUT2D eigenvalue weighted by Crippen LogP contribution is -2.33. The molecule has 35 heavy (non-hydrogen) atoms. The molecule has 0 atom stereocenters. The number of benzene rings is 2. The van der Waals surface area contributed by atoms with E-state index in [4.69, 9.17) is 19.3 Å². The highest BCUT2D eigenvalue weighted by Crippen LogP contribution is 2.36. The van der Waals surface area contributed by atoms with Crippen LogP contribution in [0, 0.1) is 0 Å². The topological polar surface area (TPSA) is 151 Å². The van der Waals surface area contributed by atoms with Crippen molar-refractivity contribution in [1.29, 1.82) is 0 Å². The van der Waals surface area contributed by atoms with Gasteiger partial charge in [-0.1, -0.05) is 36.4 Å². The molecule has 0 saturated heterocycles. The fourth-order valence-electron chi connectivity index (χ4n) is 2.91. The summed E-state index contributed by atoms with van der Waals surface area (Å²) < 4.78 is 21.0. The molecular weight excluding hydrogens is 495 g/mol. The largest absolute Gasteiger partial charge is 0.481 e. The third kappa shape index (κ3) is 7.76. The number of hydrogen-bond donors (Lipinski definition) is 4. The predicted molar refractivity (Wildman–Crippen MR) is 131 cm³/mol. The molecule has 10 nitrogen and oxygen atoms in total. The molecule has 12 heteroatoms. The SMILES string of the molecule is CCOC(=O)c1cc(-c2ccccc2)sc1NC(=O)CNC(=O)c1cccc(OCP(=O)(O)O)c1. The summed E-state index contributed by atoms with van der Waals surface area (Å²) >= 11 is 1.21. The average molecular weight is 518 g/mol. The molecule has 184 valence electrons. The lowest BCUT2D eigenvalue weighted by Gasteiger charge is -2.10. The van der Waals surface area contributed by atoms with E-state index >= 15 is 0 Å². The number of carbonyl (C=O) groups is 3. The zero-order valence-corrected chi connectivity index (χ0v) is 20.3. The Labute approximate surface area is 205 Å². The lowest BCUT2D eigenvalue weighted by atomic mass is 10.1. The number of anilines is 1. The van der Waals surface area contributed by atoms with Crippen LogP contribution in [0.3, 0.4) is 0 Å². The maximum atomic E-state index is 12.5. The second-order valence-corrected chi connectivity index (χ2v) is 9.78. The Hall–Kier alpha value is -3.50. The Morgan fingerprint density at radius 2 is 1.77 bits per heavy atom. The van der Waals surface area contributed by atoms with Crippen molar-refractivity contribution in [2.45, 2.75) is 6.92 Å². The quantitative estimate of drug-likeness (QED) is 0.235. The first kappa shape index (κ1) is 26.1. The molecule has 4 N–H and O–H groups in total. The van der Waals surface area contributed by atoms with E-state index in [1.807, 2.05) is 30.3 Å². The van der Waals surface area contributed by atoms with Gasteiger partial charge in [0.2, 0.25) is 5.91 Å². The smallest absolute Gasteiger partial charge is 0.362 e. The van der Waals surface area contributed by atoms with E-state index in [0.717, 1.165) is 10.4 Å². The van der Waals surface area contributed by atoms with Crippen molar-refractivity contribution in [3.63, 3.8) is 0 Å². The van der Waals surface area contributed by atoms with Gasteiger partial charge in [0.15, 0.2) is 6.35 Å². The Morgan fingerprint density at radius 3 is 2.46 bits per heavy atom. The molecule has 2 amide bonds. The molecule has 0 unspecified atom stereocenters. The van der Waals surface area contributed by atoms with E-state index in [2.05, 4.69) is 10.6 Å². The molecular formula is C23H23N2O8PS. The summed E-state index contributed by atoms with van der Waals surface area (Å²) in [5.41, 5.74) is 1.22. The number of esters is 1. The van der Waals surface area contributed by atoms with Crippen LogP contribution in [0.5, 0.6) is 5.75 Å². The van der Waals surface area contributed by atoms with E-state index in [1.54, 1.807) is 13.0 Å². The van der Waals surface area contributed by atoms with Gasteiger partial charge in [-0.15, -0.1) is 11.3 Å². The molecule has 0 radical (unpaired) electrons. The van der Waals surface area contributed by atoms with Crippen LogP contribution in [0.1, 0.15) is 27.6 Å². The van der Waals surface area contributed by atoms with Crippen molar-refractivity contribution in [2.24, 2.45) is 0 Å². The standard InChI is InChI=1S/C23H23N2O8PS/c1-2-32-23(28)18-12-19(15-7-4-3-5-8-15)35-22(18)25-20(26)13-24-21(27)16-9-6-10-17(11-16)33-14-34(29,30)31/h3-12H,2,13-14H2,1H3,(H,24,27)(H,25,26)(H2,29,30,31). The Bertz CT molecular complexity index is 1260. The van der Waals surface area contributed by atoms with Gasteiger partial charge in [-0.3, -0.25) is 14.2 Å². The number of rotatable bonds is 10. The summed E-state index contributed by atoms with van der Waals surface area (Å²) in [7, 11) is -4.37. The van der Waals surface area contributed by atoms with E-state index in [0.29, 0.717) is 5.00 Å². The number of ether oxygens (including phenoxy) is 2. The maximum Gasteiger partial charge on any atom is 0.362 e. The summed E-state index contributed by atoms with van der Waals surface area (Å²) in [6.45, 7) is 1.48. The first-order valence-corrected chi connectivity index (χ1v) is 13.0. The second kappa shape index (κ2) is 11.8. The number of carbonyl (C=O) groups excluding carboxylic acids is 3. The molecule has 0 aliphatic rings. The van der Waals surface area contributed by atoms with Gasteiger partial charge in [0.1, 0.15) is 10.8 Å². The second-order valence-electron chi connectivity index (χ2n) is 7.14. The molecule has 0 aliphatic heterocycles. The van der Waals surface area contributed by atoms with Gasteiger partial charge in [-0.05, 0) is 36.8 Å². The van der Waals surface area contributed by atoms with E-state index in [9.17, 15) is 18.9 Å². The first-order chi connectivity index (χ1) is 16.7. The fourth-order valence-corrected chi connectivity index (χ4v) is 4.29. The third-order valence-electron chi connectivity index (χ3n) is 4.44. The minimum absolute atomic E-state index is 0.0940. The normalized spacial score (nSPS) is 10.9. The van der Waals surface area contributed by atoms with Crippen molar-refractivity contribution in [1.82, 2.24) is 5.32 Å². The molecule has 0 spiro atoms. The third-order valence-corrected chi connectivity index (χ3v) is 6.01. The van der Waals surface area contributed by atoms with Crippen molar-refractivity contribution >= 4 is 41.7 Å². The highest BCUT2D eigenvalue weighted by molar-refractivity contribution is 7.51. The molecule has 1 heterocycles. The molecule has 0 fully saturated rings. The van der Waals surface area contributed by atoms with Crippen LogP contribution < -0.4 is 15.4 Å². The van der Waals surface area contributed by atoms with Crippen LogP contribution in [0.2, 0.25) is 0 Å². The first-order valence-electron chi connectivity index (χ1n) is 10.4. The van der Waals surface area contributed by atoms with Crippen molar-refractivity contribution < 1.29 is 38.2 Å². The van der Waals surface area contributed by atoms with Crippen molar-refractivity contribution in [3.05, 3.63) is 71.8 Å². The summed E-state index contributed by atoms with van der Waals surface area (Å²) in [6.07, 6.45) is -0.824. The fraction of sp³-hybridized carbons (Fsp3) is 0.174. The van der Waals surface area contributed by atoms with Crippen molar-refractivity contribution in [3.8, 4) is 16.2 Å². The Kier molecular flexibility index (Phi) is 8.78. The average Bonchev–Trinajstić information content (AvgIpc) is 3.25. The molecule has 2 aromatic carbocycles. The number of nitrogens with one attached hydrogen (secondary N) is 2. The summed E-state index contributed by atoms with van der Waals surface area (Å²) in [6, 6.07) is 16.7. The molecule has 3 rings (SSSR count). The molecule has 0 saturated carbocycles. The Morgan fingerprint density at radius 1 is 1.03 bits per heavy atom. The minimum atomic E-state index is -4.37. The van der Waals surface area contributed by atoms with Gasteiger partial charge < -0.3 is 29.9 Å². The highest BCUT2D eigenvalue weighted by Gasteiger charge is 2.20. The molecule has 0 aliphatic carbocycles. The van der Waals surface area contributed by atoms with Gasteiger partial charge in [-0.2, -0.15) is 0 Å². The zero-order chi connectivity index (χ0) is 25.4. The van der Waals surface area contributed by atoms with E-state index in [1.165, 1.54) is 35.6 Å². The predicted octanol–water partition coefficient (Wildman–Crippen LogP) is 3.47. The van der Waals surface area contributed by atoms with Crippen LogP contribution in [-0.2, 0) is 14.1 Å². The van der Waals surface area contributed by atoms with Crippen molar-refractivity contribution in [2.75, 3.05) is 24.8 Å². The van der Waals surface area contributed by atoms with Gasteiger partial charge in [0.05, 0.1) is 18.7 Å². The molecule has 1 aromatic heterocycles. The number of amides is 2. The van der Waals surface area contributed by atoms with Gasteiger partial charge in [-0.25, -0.2) is 4.79 Å². The Balaban J connectivity index is 1.66. The van der Waals surface area contributed by atoms with E-state index < -0.39 is 31.7 Å². The van der Waals surface area contributed by atoms with Crippen LogP contribution in [0.25, 0.3) is 10.4 Å². The van der Waals surface area contributed by atoms with E-state index in [-0.39, 0.29) is 30.0 Å². The highest BCUT2D eigenvalue weighted by atomic mass is 32.1. The van der Waals surface area contributed by atoms with Crippen LogP contribution in [0.15, 0.2) is 60.7 Å². The number of thiophene rings is 1. The van der Waals surface area contributed by atoms with Gasteiger partial charge in [0.25, 0.3) is 5.91 Å². The van der Waals surface area contributed by atoms with Gasteiger partial charge >= 0.3 is 13.6 Å². The molecule has 0 bridgehead atoms. The lowest BCUT2D eigenvalue weighted by molar-refractivity contribution is -0.115. The molecule has 3 aromatic rings. The van der Waals surface area contributed by atoms with Gasteiger partial charge in [0, 0.05) is 10.4 Å². The monoisotopic (exact) mass is 518 g/mol. The maximum absolute atomic E-state index is 12.5. The van der Waals surface area contributed by atoms with Crippen LogP contribution >= 0.6 is 18.9 Å². The van der Waals surface area contributed by atoms with Crippen LogP contribution in [0.4, 0.5) is 5.00 Å². The summed E-state index contributed by atoms with van der Waals surface area (Å²) in [4.78, 5) is 55.9. The summed E-state index contributed by atoms with van der Waals surface area (Å²) in [5.74, 6) is -1.63. The number of hydrogen-bond acceptors (Lipinski definition) is 7. The van der Waals surface area contributed by atoms with Crippen LogP contribution in [-0.4, -0.2) is 47.1 Å². The minimum Gasteiger partial charge on any atom is -0.481 e.